The SMILES string of the molecule is CC(C)CN1CC2(CCN(S(=O)(=O)C3CC3)CC2)COc2ccccc2S1(=O)=O. The maximum Gasteiger partial charge on any atom is 0.246 e. The highest BCUT2D eigenvalue weighted by Crippen LogP contribution is 2.41. The Morgan fingerprint density at radius 1 is 1.17 bits per heavy atom. The van der Waals surface area contributed by atoms with Crippen LogP contribution < -0.4 is 4.74 Å². The van der Waals surface area contributed by atoms with Crippen molar-refractivity contribution >= 4 is 20.0 Å². The third-order valence-electron chi connectivity index (χ3n) is 6.17. The Morgan fingerprint density at radius 2 is 1.83 bits per heavy atom. The zero-order chi connectivity index (χ0) is 20.9. The molecule has 7 nitrogen and oxygen atoms in total. The van der Waals surface area contributed by atoms with Crippen molar-refractivity contribution in [2.75, 3.05) is 32.8 Å². The first-order valence-corrected chi connectivity index (χ1v) is 13.3. The minimum Gasteiger partial charge on any atom is -0.492 e. The molecule has 29 heavy (non-hydrogen) atoms. The summed E-state index contributed by atoms with van der Waals surface area (Å²) in [6, 6.07) is 6.79. The Balaban J connectivity index is 1.62. The van der Waals surface area contributed by atoms with Crippen molar-refractivity contribution in [1.29, 1.82) is 0 Å². The second kappa shape index (κ2) is 7.51. The van der Waals surface area contributed by atoms with Crippen LogP contribution in [0.25, 0.3) is 0 Å². The zero-order valence-electron chi connectivity index (χ0n) is 17.1. The van der Waals surface area contributed by atoms with Gasteiger partial charge in [0.15, 0.2) is 0 Å². The molecular weight excluding hydrogens is 412 g/mol. The summed E-state index contributed by atoms with van der Waals surface area (Å²) in [5, 5.41) is -0.213. The molecule has 0 atom stereocenters. The van der Waals surface area contributed by atoms with Crippen molar-refractivity contribution in [2.24, 2.45) is 11.3 Å². The zero-order valence-corrected chi connectivity index (χ0v) is 18.7. The Hall–Kier alpha value is -1.16. The number of sulfonamides is 2. The summed E-state index contributed by atoms with van der Waals surface area (Å²) >= 11 is 0. The lowest BCUT2D eigenvalue weighted by Crippen LogP contribution is -2.53. The maximum absolute atomic E-state index is 13.4. The number of para-hydroxylation sites is 1. The van der Waals surface area contributed by atoms with Gasteiger partial charge in [-0.25, -0.2) is 21.1 Å². The van der Waals surface area contributed by atoms with Gasteiger partial charge < -0.3 is 4.74 Å². The minimum absolute atomic E-state index is 0.185. The summed E-state index contributed by atoms with van der Waals surface area (Å²) in [6.07, 6.45) is 2.71. The van der Waals surface area contributed by atoms with Crippen LogP contribution in [0, 0.1) is 11.3 Å². The number of nitrogens with zero attached hydrogens (tertiary/aromatic N) is 2. The van der Waals surface area contributed by atoms with Gasteiger partial charge >= 0.3 is 0 Å². The molecule has 0 aromatic heterocycles. The van der Waals surface area contributed by atoms with Gasteiger partial charge in [0.2, 0.25) is 20.0 Å². The average molecular weight is 443 g/mol. The molecule has 1 aliphatic carbocycles. The molecule has 0 amide bonds. The van der Waals surface area contributed by atoms with Crippen LogP contribution in [-0.2, 0) is 20.0 Å². The van der Waals surface area contributed by atoms with Crippen molar-refractivity contribution in [2.45, 2.75) is 49.7 Å². The lowest BCUT2D eigenvalue weighted by molar-refractivity contribution is 0.0548. The van der Waals surface area contributed by atoms with E-state index in [9.17, 15) is 16.8 Å². The molecule has 0 bridgehead atoms. The van der Waals surface area contributed by atoms with Crippen molar-refractivity contribution < 1.29 is 21.6 Å². The molecule has 4 rings (SSSR count). The van der Waals surface area contributed by atoms with Gasteiger partial charge in [-0.3, -0.25) is 0 Å². The smallest absolute Gasteiger partial charge is 0.246 e. The lowest BCUT2D eigenvalue weighted by atomic mass is 9.79. The van der Waals surface area contributed by atoms with Crippen molar-refractivity contribution in [3.63, 3.8) is 0 Å². The lowest BCUT2D eigenvalue weighted by Gasteiger charge is -2.44. The molecule has 1 aromatic rings. The maximum atomic E-state index is 13.4. The van der Waals surface area contributed by atoms with Crippen molar-refractivity contribution in [1.82, 2.24) is 8.61 Å². The topological polar surface area (TPSA) is 84.0 Å². The largest absolute Gasteiger partial charge is 0.492 e. The van der Waals surface area contributed by atoms with Crippen molar-refractivity contribution in [3.05, 3.63) is 24.3 Å². The predicted molar refractivity (Wildman–Crippen MR) is 111 cm³/mol. The molecule has 1 saturated carbocycles. The van der Waals surface area contributed by atoms with Crippen molar-refractivity contribution in [3.8, 4) is 5.75 Å². The Bertz CT molecular complexity index is 962. The molecule has 162 valence electrons. The van der Waals surface area contributed by atoms with Crippen LogP contribution in [0.4, 0.5) is 0 Å². The molecule has 1 saturated heterocycles. The number of hydrogen-bond donors (Lipinski definition) is 0. The van der Waals surface area contributed by atoms with Crippen LogP contribution in [0.1, 0.15) is 39.5 Å². The predicted octanol–water partition coefficient (Wildman–Crippen LogP) is 2.30. The van der Waals surface area contributed by atoms with Gasteiger partial charge in [-0.05, 0) is 43.7 Å². The fourth-order valence-corrected chi connectivity index (χ4v) is 8.01. The standard InChI is InChI=1S/C20H30N2O5S2/c1-16(2)13-22-14-20(9-11-21(12-10-20)28(23,24)17-7-8-17)15-27-18-5-3-4-6-19(18)29(22,25)26/h3-6,16-17H,7-15H2,1-2H3. The minimum atomic E-state index is -3.68. The first kappa shape index (κ1) is 21.1. The van der Waals surface area contributed by atoms with Crippen LogP contribution in [0.3, 0.4) is 0 Å². The Labute approximate surface area is 174 Å². The summed E-state index contributed by atoms with van der Waals surface area (Å²) in [5.74, 6) is 0.568. The molecule has 0 N–H and O–H groups in total. The summed E-state index contributed by atoms with van der Waals surface area (Å²) < 4.78 is 61.2. The van der Waals surface area contributed by atoms with E-state index in [-0.39, 0.29) is 21.5 Å². The number of piperidine rings is 1. The molecule has 0 radical (unpaired) electrons. The van der Waals surface area contributed by atoms with E-state index >= 15 is 0 Å². The van der Waals surface area contributed by atoms with Crippen LogP contribution in [0.2, 0.25) is 0 Å². The quantitative estimate of drug-likeness (QED) is 0.714. The monoisotopic (exact) mass is 442 g/mol. The van der Waals surface area contributed by atoms with Crippen LogP contribution >= 0.6 is 0 Å². The third-order valence-corrected chi connectivity index (χ3v) is 10.4. The van der Waals surface area contributed by atoms with Gasteiger partial charge in [-0.15, -0.1) is 0 Å². The van der Waals surface area contributed by atoms with E-state index in [4.69, 9.17) is 4.74 Å². The van der Waals surface area contributed by atoms with Crippen LogP contribution in [-0.4, -0.2) is 63.5 Å². The van der Waals surface area contributed by atoms with Gasteiger partial charge in [0, 0.05) is 31.6 Å². The highest BCUT2D eigenvalue weighted by atomic mass is 32.2. The molecular formula is C20H30N2O5S2. The van der Waals surface area contributed by atoms with Crippen LogP contribution in [0.5, 0.6) is 5.75 Å². The average Bonchev–Trinajstić information content (AvgIpc) is 3.51. The molecule has 2 fully saturated rings. The van der Waals surface area contributed by atoms with Gasteiger partial charge in [0.25, 0.3) is 0 Å². The number of hydrogen-bond acceptors (Lipinski definition) is 5. The summed E-state index contributed by atoms with van der Waals surface area (Å²) in [6.45, 7) is 6.06. The number of rotatable bonds is 4. The Kier molecular flexibility index (Phi) is 5.46. The second-order valence-corrected chi connectivity index (χ2v) is 13.2. The molecule has 1 aromatic carbocycles. The summed E-state index contributed by atoms with van der Waals surface area (Å²) in [5.41, 5.74) is -0.384. The third kappa shape index (κ3) is 4.06. The highest BCUT2D eigenvalue weighted by molar-refractivity contribution is 7.90. The number of benzene rings is 1. The van der Waals surface area contributed by atoms with Gasteiger partial charge in [0.1, 0.15) is 10.6 Å². The highest BCUT2D eigenvalue weighted by Gasteiger charge is 2.47. The molecule has 1 spiro atoms. The fraction of sp³-hybridized carbons (Fsp3) is 0.700. The van der Waals surface area contributed by atoms with E-state index in [0.29, 0.717) is 51.4 Å². The second-order valence-electron chi connectivity index (χ2n) is 9.07. The van der Waals surface area contributed by atoms with E-state index in [0.717, 1.165) is 12.8 Å². The first-order valence-electron chi connectivity index (χ1n) is 10.4. The Morgan fingerprint density at radius 3 is 2.45 bits per heavy atom. The van der Waals surface area contributed by atoms with E-state index in [1.54, 1.807) is 32.9 Å². The van der Waals surface area contributed by atoms with E-state index in [1.165, 1.54) is 0 Å². The summed E-state index contributed by atoms with van der Waals surface area (Å²) in [7, 11) is -6.89. The van der Waals surface area contributed by atoms with Crippen LogP contribution in [0.15, 0.2) is 29.2 Å². The molecule has 9 heteroatoms. The molecule has 0 unspecified atom stereocenters. The fourth-order valence-electron chi connectivity index (χ4n) is 4.32. The van der Waals surface area contributed by atoms with E-state index < -0.39 is 20.0 Å². The van der Waals surface area contributed by atoms with Gasteiger partial charge in [-0.2, -0.15) is 4.31 Å². The van der Waals surface area contributed by atoms with Gasteiger partial charge in [-0.1, -0.05) is 26.0 Å². The molecule has 2 aliphatic heterocycles. The van der Waals surface area contributed by atoms with E-state index in [2.05, 4.69) is 0 Å². The van der Waals surface area contributed by atoms with Gasteiger partial charge in [0.05, 0.1) is 11.9 Å². The number of fused-ring (bicyclic) bond motifs is 1. The molecule has 3 aliphatic rings. The summed E-state index contributed by atoms with van der Waals surface area (Å²) in [4.78, 5) is 0.212. The van der Waals surface area contributed by atoms with E-state index in [1.807, 2.05) is 13.8 Å². The first-order chi connectivity index (χ1) is 13.6. The number of ether oxygens (including phenoxy) is 1. The normalized spacial score (nSPS) is 25.2. The molecule has 2 heterocycles.